The molecular formula is C13H10Br2FN3O. The fourth-order valence-corrected chi connectivity index (χ4v) is 2.81. The number of para-hydroxylation sites is 1. The van der Waals surface area contributed by atoms with E-state index in [0.29, 0.717) is 11.5 Å². The van der Waals surface area contributed by atoms with Crippen LogP contribution in [0, 0.1) is 5.82 Å². The number of carbonyl (C=O) groups is 1. The third-order valence-electron chi connectivity index (χ3n) is 2.54. The molecule has 0 saturated heterocycles. The highest BCUT2D eigenvalue weighted by atomic mass is 79.9. The zero-order chi connectivity index (χ0) is 14.7. The summed E-state index contributed by atoms with van der Waals surface area (Å²) in [6.07, 6.45) is 1.05. The lowest BCUT2D eigenvalue weighted by Crippen LogP contribution is -2.16. The minimum Gasteiger partial charge on any atom is -0.372 e. The van der Waals surface area contributed by atoms with Crippen LogP contribution in [0.1, 0.15) is 10.4 Å². The number of carbonyl (C=O) groups excluding carboxylic acids is 1. The molecule has 2 aromatic rings. The van der Waals surface area contributed by atoms with Crippen LogP contribution in [0.25, 0.3) is 0 Å². The smallest absolute Gasteiger partial charge is 0.259 e. The van der Waals surface area contributed by atoms with Crippen LogP contribution in [0.15, 0.2) is 39.4 Å². The molecule has 0 aliphatic rings. The van der Waals surface area contributed by atoms with Gasteiger partial charge < -0.3 is 10.6 Å². The zero-order valence-corrected chi connectivity index (χ0v) is 13.5. The number of nitrogens with zero attached hydrogens (tertiary/aromatic N) is 1. The van der Waals surface area contributed by atoms with E-state index in [9.17, 15) is 9.18 Å². The molecule has 7 heteroatoms. The standard InChI is InChI=1S/C13H10Br2FN3O/c1-17-12-8(5-7(16)6-18-12)13(20)19-11-9(14)3-2-4-10(11)15/h2-6H,1H3,(H,17,18)(H,19,20). The number of amides is 1. The number of hydrogen-bond donors (Lipinski definition) is 2. The number of rotatable bonds is 3. The van der Waals surface area contributed by atoms with Gasteiger partial charge in [-0.1, -0.05) is 6.07 Å². The second-order valence-electron chi connectivity index (χ2n) is 3.85. The molecule has 0 fully saturated rings. The van der Waals surface area contributed by atoms with Gasteiger partial charge in [0.2, 0.25) is 0 Å². The van der Waals surface area contributed by atoms with Crippen molar-refractivity contribution < 1.29 is 9.18 Å². The maximum atomic E-state index is 13.3. The zero-order valence-electron chi connectivity index (χ0n) is 10.4. The molecule has 4 nitrogen and oxygen atoms in total. The van der Waals surface area contributed by atoms with Crippen molar-refractivity contribution in [2.75, 3.05) is 17.7 Å². The van der Waals surface area contributed by atoms with Crippen molar-refractivity contribution in [3.8, 4) is 0 Å². The van der Waals surface area contributed by atoms with E-state index >= 15 is 0 Å². The Bertz CT molecular complexity index is 644. The molecular weight excluding hydrogens is 393 g/mol. The second kappa shape index (κ2) is 6.32. The normalized spacial score (nSPS) is 10.2. The van der Waals surface area contributed by atoms with Gasteiger partial charge in [-0.2, -0.15) is 0 Å². The Morgan fingerprint density at radius 1 is 1.30 bits per heavy atom. The topological polar surface area (TPSA) is 54.0 Å². The highest BCUT2D eigenvalue weighted by Crippen LogP contribution is 2.31. The Morgan fingerprint density at radius 3 is 2.55 bits per heavy atom. The maximum Gasteiger partial charge on any atom is 0.259 e. The first-order valence-corrected chi connectivity index (χ1v) is 7.20. The minimum absolute atomic E-state index is 0.134. The molecule has 2 rings (SSSR count). The molecule has 0 atom stereocenters. The highest BCUT2D eigenvalue weighted by molar-refractivity contribution is 9.11. The number of hydrogen-bond acceptors (Lipinski definition) is 3. The van der Waals surface area contributed by atoms with E-state index in [1.807, 2.05) is 6.07 Å². The van der Waals surface area contributed by atoms with Gasteiger partial charge in [-0.25, -0.2) is 9.37 Å². The molecule has 0 radical (unpaired) electrons. The largest absolute Gasteiger partial charge is 0.372 e. The van der Waals surface area contributed by atoms with E-state index in [2.05, 4.69) is 47.5 Å². The predicted molar refractivity (Wildman–Crippen MR) is 83.5 cm³/mol. The van der Waals surface area contributed by atoms with Gasteiger partial charge in [0.15, 0.2) is 0 Å². The number of pyridine rings is 1. The van der Waals surface area contributed by atoms with Crippen molar-refractivity contribution >= 4 is 49.3 Å². The van der Waals surface area contributed by atoms with Crippen molar-refractivity contribution in [1.82, 2.24) is 4.98 Å². The summed E-state index contributed by atoms with van der Waals surface area (Å²) >= 11 is 6.70. The van der Waals surface area contributed by atoms with Crippen molar-refractivity contribution in [3.05, 3.63) is 50.8 Å². The number of halogens is 3. The summed E-state index contributed by atoms with van der Waals surface area (Å²) in [5.74, 6) is -0.707. The summed E-state index contributed by atoms with van der Waals surface area (Å²) < 4.78 is 14.7. The highest BCUT2D eigenvalue weighted by Gasteiger charge is 2.16. The summed E-state index contributed by atoms with van der Waals surface area (Å²) in [5.41, 5.74) is 0.707. The van der Waals surface area contributed by atoms with E-state index < -0.39 is 11.7 Å². The molecule has 2 N–H and O–H groups in total. The predicted octanol–water partition coefficient (Wildman–Crippen LogP) is 4.04. The molecule has 0 bridgehead atoms. The number of aromatic nitrogens is 1. The molecule has 0 saturated carbocycles. The molecule has 1 aromatic carbocycles. The molecule has 20 heavy (non-hydrogen) atoms. The maximum absolute atomic E-state index is 13.3. The Morgan fingerprint density at radius 2 is 1.95 bits per heavy atom. The third-order valence-corrected chi connectivity index (χ3v) is 3.86. The van der Waals surface area contributed by atoms with Gasteiger partial charge in [0.1, 0.15) is 11.6 Å². The SMILES string of the molecule is CNc1ncc(F)cc1C(=O)Nc1c(Br)cccc1Br. The van der Waals surface area contributed by atoms with Crippen LogP contribution in [0.4, 0.5) is 15.9 Å². The second-order valence-corrected chi connectivity index (χ2v) is 5.56. The summed E-state index contributed by atoms with van der Waals surface area (Å²) in [5, 5.41) is 5.47. The third kappa shape index (κ3) is 3.16. The summed E-state index contributed by atoms with van der Waals surface area (Å²) in [6.45, 7) is 0. The number of nitrogens with one attached hydrogen (secondary N) is 2. The van der Waals surface area contributed by atoms with Gasteiger partial charge in [0.25, 0.3) is 5.91 Å². The van der Waals surface area contributed by atoms with E-state index in [1.165, 1.54) is 0 Å². The fraction of sp³-hybridized carbons (Fsp3) is 0.0769. The molecule has 104 valence electrons. The van der Waals surface area contributed by atoms with Crippen molar-refractivity contribution in [1.29, 1.82) is 0 Å². The van der Waals surface area contributed by atoms with Crippen LogP contribution < -0.4 is 10.6 Å². The average Bonchev–Trinajstić information content (AvgIpc) is 2.43. The van der Waals surface area contributed by atoms with E-state index in [4.69, 9.17) is 0 Å². The Balaban J connectivity index is 2.35. The van der Waals surface area contributed by atoms with Gasteiger partial charge in [-0.15, -0.1) is 0 Å². The monoisotopic (exact) mass is 401 g/mol. The van der Waals surface area contributed by atoms with Crippen LogP contribution in [-0.2, 0) is 0 Å². The molecule has 0 spiro atoms. The summed E-state index contributed by atoms with van der Waals surface area (Å²) in [4.78, 5) is 16.1. The van der Waals surface area contributed by atoms with Crippen LogP contribution in [0.5, 0.6) is 0 Å². The first kappa shape index (κ1) is 14.9. The van der Waals surface area contributed by atoms with E-state index in [0.717, 1.165) is 21.2 Å². The van der Waals surface area contributed by atoms with Crippen LogP contribution in [0.2, 0.25) is 0 Å². The van der Waals surface area contributed by atoms with Crippen LogP contribution in [0.3, 0.4) is 0 Å². The minimum atomic E-state index is -0.569. The summed E-state index contributed by atoms with van der Waals surface area (Å²) in [6, 6.07) is 6.55. The molecule has 0 unspecified atom stereocenters. The number of anilines is 2. The van der Waals surface area contributed by atoms with E-state index in [1.54, 1.807) is 19.2 Å². The van der Waals surface area contributed by atoms with Crippen molar-refractivity contribution in [3.63, 3.8) is 0 Å². The lowest BCUT2D eigenvalue weighted by molar-refractivity contribution is 0.102. The van der Waals surface area contributed by atoms with Gasteiger partial charge in [0.05, 0.1) is 17.4 Å². The van der Waals surface area contributed by atoms with Crippen molar-refractivity contribution in [2.24, 2.45) is 0 Å². The Kier molecular flexibility index (Phi) is 4.72. The first-order valence-electron chi connectivity index (χ1n) is 5.61. The Labute approximate surface area is 132 Å². The Hall–Kier alpha value is -1.47. The molecule has 1 heterocycles. The van der Waals surface area contributed by atoms with Gasteiger partial charge in [-0.3, -0.25) is 4.79 Å². The molecule has 1 aromatic heterocycles. The molecule has 1 amide bonds. The van der Waals surface area contributed by atoms with Gasteiger partial charge >= 0.3 is 0 Å². The van der Waals surface area contributed by atoms with Gasteiger partial charge in [-0.05, 0) is 50.1 Å². The quantitative estimate of drug-likeness (QED) is 0.814. The first-order chi connectivity index (χ1) is 9.52. The molecule has 0 aliphatic carbocycles. The average molecular weight is 403 g/mol. The van der Waals surface area contributed by atoms with Gasteiger partial charge in [0, 0.05) is 16.0 Å². The number of benzene rings is 1. The van der Waals surface area contributed by atoms with Crippen LogP contribution in [-0.4, -0.2) is 17.9 Å². The lowest BCUT2D eigenvalue weighted by atomic mass is 10.2. The fourth-order valence-electron chi connectivity index (χ4n) is 1.61. The van der Waals surface area contributed by atoms with Crippen molar-refractivity contribution in [2.45, 2.75) is 0 Å². The molecule has 0 aliphatic heterocycles. The van der Waals surface area contributed by atoms with E-state index in [-0.39, 0.29) is 5.56 Å². The summed E-state index contributed by atoms with van der Waals surface area (Å²) in [7, 11) is 1.62. The lowest BCUT2D eigenvalue weighted by Gasteiger charge is -2.11. The van der Waals surface area contributed by atoms with Crippen LogP contribution >= 0.6 is 31.9 Å².